The highest BCUT2D eigenvalue weighted by molar-refractivity contribution is 5.97. The van der Waals surface area contributed by atoms with Gasteiger partial charge in [0.05, 0.1) is 18.4 Å². The van der Waals surface area contributed by atoms with Crippen molar-refractivity contribution < 1.29 is 18.7 Å². The van der Waals surface area contributed by atoms with Gasteiger partial charge in [-0.2, -0.15) is 5.10 Å². The number of rotatable bonds is 2. The summed E-state index contributed by atoms with van der Waals surface area (Å²) in [7, 11) is 0. The van der Waals surface area contributed by atoms with Gasteiger partial charge in [-0.05, 0) is 49.6 Å². The molecule has 1 aliphatic rings. The lowest BCUT2D eigenvalue weighted by Crippen LogP contribution is -2.58. The number of fused-ring (bicyclic) bond motifs is 1. The maximum Gasteiger partial charge on any atom is 0.331 e. The van der Waals surface area contributed by atoms with Crippen molar-refractivity contribution in [3.8, 4) is 11.3 Å². The minimum atomic E-state index is -1.08. The molecule has 1 amide bonds. The van der Waals surface area contributed by atoms with Gasteiger partial charge < -0.3 is 9.64 Å². The molecule has 0 atom stereocenters. The highest BCUT2D eigenvalue weighted by atomic mass is 19.1. The van der Waals surface area contributed by atoms with E-state index in [2.05, 4.69) is 30.9 Å². The SMILES string of the molecule is CC(C)(C)c1cc(-c2ccc(F)cc2)nn2cc(C(=O)N3CCOC(=O)C3(C)C)nc12. The van der Waals surface area contributed by atoms with E-state index in [0.717, 1.165) is 11.1 Å². The van der Waals surface area contributed by atoms with Gasteiger partial charge in [0, 0.05) is 11.1 Å². The molecule has 1 aromatic carbocycles. The number of ether oxygens (including phenoxy) is 1. The zero-order chi connectivity index (χ0) is 22.6. The van der Waals surface area contributed by atoms with Gasteiger partial charge in [0.1, 0.15) is 23.7 Å². The van der Waals surface area contributed by atoms with E-state index < -0.39 is 11.5 Å². The Morgan fingerprint density at radius 1 is 1.19 bits per heavy atom. The Balaban J connectivity index is 1.83. The third kappa shape index (κ3) is 3.66. The Morgan fingerprint density at radius 2 is 1.87 bits per heavy atom. The van der Waals surface area contributed by atoms with Gasteiger partial charge in [0.25, 0.3) is 5.91 Å². The summed E-state index contributed by atoms with van der Waals surface area (Å²) in [6, 6.07) is 8.03. The molecule has 0 spiro atoms. The van der Waals surface area contributed by atoms with Gasteiger partial charge in [-0.3, -0.25) is 4.79 Å². The summed E-state index contributed by atoms with van der Waals surface area (Å²) < 4.78 is 20.1. The van der Waals surface area contributed by atoms with Crippen molar-refractivity contribution in [3.05, 3.63) is 53.6 Å². The number of nitrogens with zero attached hydrogens (tertiary/aromatic N) is 4. The van der Waals surface area contributed by atoms with Crippen molar-refractivity contribution in [1.82, 2.24) is 19.5 Å². The number of morpholine rings is 1. The molecule has 4 rings (SSSR count). The number of aromatic nitrogens is 3. The van der Waals surface area contributed by atoms with Crippen LogP contribution in [0.1, 0.15) is 50.7 Å². The first-order valence-electron chi connectivity index (χ1n) is 10.1. The first-order chi connectivity index (χ1) is 14.5. The van der Waals surface area contributed by atoms with Crippen LogP contribution in [0, 0.1) is 5.82 Å². The molecule has 0 saturated carbocycles. The number of cyclic esters (lactones) is 1. The normalized spacial score (nSPS) is 16.5. The van der Waals surface area contributed by atoms with E-state index in [1.165, 1.54) is 17.0 Å². The molecule has 0 bridgehead atoms. The Bertz CT molecular complexity index is 1180. The fraction of sp³-hybridized carbons (Fsp3) is 0.391. The number of carbonyl (C=O) groups excluding carboxylic acids is 2. The van der Waals surface area contributed by atoms with Crippen LogP contribution < -0.4 is 0 Å². The second-order valence-electron chi connectivity index (χ2n) is 9.25. The molecule has 0 N–H and O–H groups in total. The molecule has 31 heavy (non-hydrogen) atoms. The van der Waals surface area contributed by atoms with Crippen LogP contribution in [0.4, 0.5) is 4.39 Å². The number of carbonyl (C=O) groups is 2. The topological polar surface area (TPSA) is 76.8 Å². The summed E-state index contributed by atoms with van der Waals surface area (Å²) in [6.45, 7) is 9.93. The monoisotopic (exact) mass is 424 g/mol. The number of hydrogen-bond acceptors (Lipinski definition) is 5. The molecule has 0 unspecified atom stereocenters. The molecule has 1 saturated heterocycles. The van der Waals surface area contributed by atoms with Crippen LogP contribution in [0.25, 0.3) is 16.9 Å². The summed E-state index contributed by atoms with van der Waals surface area (Å²) in [5.74, 6) is -1.11. The van der Waals surface area contributed by atoms with Crippen molar-refractivity contribution >= 4 is 17.5 Å². The van der Waals surface area contributed by atoms with Crippen molar-refractivity contribution in [2.75, 3.05) is 13.2 Å². The number of amides is 1. The summed E-state index contributed by atoms with van der Waals surface area (Å²) in [5, 5.41) is 4.62. The first-order valence-corrected chi connectivity index (χ1v) is 10.1. The number of esters is 1. The first kappa shape index (κ1) is 21.0. The summed E-state index contributed by atoms with van der Waals surface area (Å²) >= 11 is 0. The van der Waals surface area contributed by atoms with Gasteiger partial charge >= 0.3 is 5.97 Å². The Labute approximate surface area is 179 Å². The fourth-order valence-electron chi connectivity index (χ4n) is 3.68. The maximum absolute atomic E-state index is 13.4. The molecule has 3 heterocycles. The summed E-state index contributed by atoms with van der Waals surface area (Å²) in [4.78, 5) is 31.5. The smallest absolute Gasteiger partial charge is 0.331 e. The van der Waals surface area contributed by atoms with Crippen LogP contribution in [0.3, 0.4) is 0 Å². The molecule has 0 radical (unpaired) electrons. The maximum atomic E-state index is 13.4. The standard InChI is InChI=1S/C23H25FN4O3/c1-22(2,3)16-12-17(14-6-8-15(24)9-7-14)26-28-13-18(25-19(16)28)20(29)27-10-11-31-21(30)23(27,4)5/h6-9,12-13H,10-11H2,1-5H3. The second-order valence-corrected chi connectivity index (χ2v) is 9.25. The van der Waals surface area contributed by atoms with Gasteiger partial charge in [-0.15, -0.1) is 0 Å². The van der Waals surface area contributed by atoms with E-state index in [0.29, 0.717) is 17.9 Å². The molecular formula is C23H25FN4O3. The lowest BCUT2D eigenvalue weighted by molar-refractivity contribution is -0.162. The minimum Gasteiger partial charge on any atom is -0.462 e. The minimum absolute atomic E-state index is 0.154. The highest BCUT2D eigenvalue weighted by Crippen LogP contribution is 2.30. The Kier molecular flexibility index (Phi) is 4.83. The fourth-order valence-corrected chi connectivity index (χ4v) is 3.68. The van der Waals surface area contributed by atoms with Crippen molar-refractivity contribution in [1.29, 1.82) is 0 Å². The van der Waals surface area contributed by atoms with E-state index >= 15 is 0 Å². The molecule has 8 heteroatoms. The van der Waals surface area contributed by atoms with E-state index in [1.54, 1.807) is 36.7 Å². The largest absolute Gasteiger partial charge is 0.462 e. The predicted molar refractivity (Wildman–Crippen MR) is 113 cm³/mol. The molecule has 2 aromatic heterocycles. The second kappa shape index (κ2) is 7.14. The highest BCUT2D eigenvalue weighted by Gasteiger charge is 2.43. The van der Waals surface area contributed by atoms with E-state index in [4.69, 9.17) is 4.74 Å². The van der Waals surface area contributed by atoms with Crippen LogP contribution in [-0.4, -0.2) is 50.1 Å². The quantitative estimate of drug-likeness (QED) is 0.588. The lowest BCUT2D eigenvalue weighted by Gasteiger charge is -2.39. The number of imidazole rings is 1. The third-order valence-electron chi connectivity index (χ3n) is 5.56. The number of benzene rings is 1. The molecule has 3 aromatic rings. The average molecular weight is 424 g/mol. The predicted octanol–water partition coefficient (Wildman–Crippen LogP) is 3.61. The number of halogens is 1. The van der Waals surface area contributed by atoms with Crippen molar-refractivity contribution in [2.24, 2.45) is 0 Å². The zero-order valence-corrected chi connectivity index (χ0v) is 18.3. The average Bonchev–Trinajstić information content (AvgIpc) is 3.12. The van der Waals surface area contributed by atoms with E-state index in [9.17, 15) is 14.0 Å². The van der Waals surface area contributed by atoms with Crippen LogP contribution in [0.5, 0.6) is 0 Å². The van der Waals surface area contributed by atoms with Gasteiger partial charge in [-0.25, -0.2) is 18.7 Å². The van der Waals surface area contributed by atoms with Crippen LogP contribution in [0.2, 0.25) is 0 Å². The van der Waals surface area contributed by atoms with Crippen molar-refractivity contribution in [3.63, 3.8) is 0 Å². The molecule has 1 fully saturated rings. The van der Waals surface area contributed by atoms with Crippen LogP contribution in [0.15, 0.2) is 36.5 Å². The number of hydrogen-bond donors (Lipinski definition) is 0. The van der Waals surface area contributed by atoms with Gasteiger partial charge in [0.2, 0.25) is 0 Å². The Hall–Kier alpha value is -3.29. The van der Waals surface area contributed by atoms with Crippen LogP contribution in [-0.2, 0) is 14.9 Å². The van der Waals surface area contributed by atoms with Gasteiger partial charge in [0.15, 0.2) is 5.65 Å². The van der Waals surface area contributed by atoms with E-state index in [1.807, 2.05) is 6.07 Å². The molecule has 0 aliphatic carbocycles. The molecule has 162 valence electrons. The Morgan fingerprint density at radius 3 is 2.52 bits per heavy atom. The van der Waals surface area contributed by atoms with Crippen LogP contribution >= 0.6 is 0 Å². The van der Waals surface area contributed by atoms with Crippen molar-refractivity contribution in [2.45, 2.75) is 45.6 Å². The van der Waals surface area contributed by atoms with E-state index in [-0.39, 0.29) is 29.4 Å². The molecule has 7 nitrogen and oxygen atoms in total. The summed E-state index contributed by atoms with van der Waals surface area (Å²) in [6.07, 6.45) is 1.58. The zero-order valence-electron chi connectivity index (χ0n) is 18.3. The molecular weight excluding hydrogens is 399 g/mol. The third-order valence-corrected chi connectivity index (χ3v) is 5.56. The lowest BCUT2D eigenvalue weighted by atomic mass is 9.87. The summed E-state index contributed by atoms with van der Waals surface area (Å²) in [5.41, 5.74) is 1.73. The van der Waals surface area contributed by atoms with Gasteiger partial charge in [-0.1, -0.05) is 20.8 Å². The molecule has 1 aliphatic heterocycles.